The van der Waals surface area contributed by atoms with E-state index in [1.807, 2.05) is 12.1 Å². The molecule has 0 aliphatic heterocycles. The lowest BCUT2D eigenvalue weighted by Crippen LogP contribution is -2.11. The average molecular weight is 466 g/mol. The molecule has 0 unspecified atom stereocenters. The Hall–Kier alpha value is -2.80. The van der Waals surface area contributed by atoms with Gasteiger partial charge in [-0.3, -0.25) is 4.98 Å². The Bertz CT molecular complexity index is 1200. The highest BCUT2D eigenvalue weighted by Gasteiger charge is 2.24. The van der Waals surface area contributed by atoms with E-state index in [0.717, 1.165) is 51.0 Å². The Morgan fingerprint density at radius 2 is 1.70 bits per heavy atom. The van der Waals surface area contributed by atoms with Gasteiger partial charge in [-0.15, -0.1) is 0 Å². The van der Waals surface area contributed by atoms with Crippen LogP contribution < -0.4 is 5.73 Å². The summed E-state index contributed by atoms with van der Waals surface area (Å²) < 4.78 is 15.7. The first-order valence-corrected chi connectivity index (χ1v) is 11.0. The van der Waals surface area contributed by atoms with Crippen molar-refractivity contribution in [3.05, 3.63) is 64.8 Å². The molecule has 30 heavy (non-hydrogen) atoms. The minimum atomic E-state index is -0.259. The fraction of sp³-hybridized carbons (Fsp3) is 0.261. The van der Waals surface area contributed by atoms with E-state index in [1.54, 1.807) is 29.0 Å². The van der Waals surface area contributed by atoms with Crippen LogP contribution in [-0.4, -0.2) is 19.6 Å². The molecule has 4 aromatic rings. The van der Waals surface area contributed by atoms with Crippen molar-refractivity contribution < 1.29 is 4.39 Å². The Balaban J connectivity index is 1.55. The Morgan fingerprint density at radius 3 is 2.40 bits per heavy atom. The second-order valence-electron chi connectivity index (χ2n) is 7.76. The summed E-state index contributed by atoms with van der Waals surface area (Å²) in [6.45, 7) is 0. The maximum Gasteiger partial charge on any atom is 0.165 e. The van der Waals surface area contributed by atoms with Crippen LogP contribution in [0.4, 0.5) is 10.2 Å². The summed E-state index contributed by atoms with van der Waals surface area (Å²) >= 11 is 3.66. The first-order valence-electron chi connectivity index (χ1n) is 10.2. The number of benzene rings is 1. The molecule has 0 amide bonds. The maximum atomic E-state index is 13.2. The number of hydrogen-bond donors (Lipinski definition) is 1. The van der Waals surface area contributed by atoms with Crippen LogP contribution in [-0.2, 0) is 0 Å². The lowest BCUT2D eigenvalue weighted by molar-refractivity contribution is 0.435. The van der Waals surface area contributed by atoms with Crippen LogP contribution >= 0.6 is 15.9 Å². The molecular weight excluding hydrogens is 445 g/mol. The van der Waals surface area contributed by atoms with Crippen LogP contribution in [0.5, 0.6) is 0 Å². The van der Waals surface area contributed by atoms with Crippen molar-refractivity contribution >= 4 is 27.4 Å². The number of nitrogens with two attached hydrogens (primary N) is 1. The number of nitrogen functional groups attached to an aromatic ring is 1. The van der Waals surface area contributed by atoms with Gasteiger partial charge in [0.1, 0.15) is 11.6 Å². The number of halogens is 2. The van der Waals surface area contributed by atoms with Gasteiger partial charge in [-0.05, 0) is 59.1 Å². The third kappa shape index (κ3) is 3.37. The summed E-state index contributed by atoms with van der Waals surface area (Å²) in [6.07, 6.45) is 9.60. The van der Waals surface area contributed by atoms with Crippen LogP contribution in [0.1, 0.15) is 43.7 Å². The monoisotopic (exact) mass is 465 g/mol. The fourth-order valence-electron chi connectivity index (χ4n) is 4.21. The van der Waals surface area contributed by atoms with Crippen LogP contribution in [0.15, 0.2) is 53.3 Å². The van der Waals surface area contributed by atoms with Gasteiger partial charge in [0.05, 0.1) is 22.1 Å². The zero-order chi connectivity index (χ0) is 20.7. The summed E-state index contributed by atoms with van der Waals surface area (Å²) in [5.74, 6) is 0.732. The minimum Gasteiger partial charge on any atom is -0.383 e. The third-order valence-corrected chi connectivity index (χ3v) is 6.67. The number of pyridine rings is 1. The van der Waals surface area contributed by atoms with Crippen molar-refractivity contribution in [1.29, 1.82) is 0 Å². The third-order valence-electron chi connectivity index (χ3n) is 5.85. The molecule has 152 valence electrons. The molecule has 1 fully saturated rings. The molecule has 1 aromatic carbocycles. The van der Waals surface area contributed by atoms with Gasteiger partial charge in [-0.25, -0.2) is 9.37 Å². The lowest BCUT2D eigenvalue weighted by Gasteiger charge is -2.22. The second-order valence-corrected chi connectivity index (χ2v) is 8.56. The zero-order valence-electron chi connectivity index (χ0n) is 16.4. The molecule has 0 atom stereocenters. The Kier molecular flexibility index (Phi) is 4.98. The molecule has 3 aromatic heterocycles. The van der Waals surface area contributed by atoms with Crippen molar-refractivity contribution in [2.45, 2.75) is 38.0 Å². The normalized spacial score (nSPS) is 15.0. The molecule has 1 saturated carbocycles. The summed E-state index contributed by atoms with van der Waals surface area (Å²) in [5.41, 5.74) is 11.6. The van der Waals surface area contributed by atoms with Crippen LogP contribution in [0, 0.1) is 5.82 Å². The van der Waals surface area contributed by atoms with Gasteiger partial charge in [0.25, 0.3) is 0 Å². The molecule has 0 radical (unpaired) electrons. The highest BCUT2D eigenvalue weighted by molar-refractivity contribution is 9.10. The molecule has 7 heteroatoms. The summed E-state index contributed by atoms with van der Waals surface area (Å²) in [7, 11) is 0. The summed E-state index contributed by atoms with van der Waals surface area (Å²) in [5, 5.41) is 4.46. The van der Waals surface area contributed by atoms with Gasteiger partial charge in [-0.1, -0.05) is 25.3 Å². The van der Waals surface area contributed by atoms with E-state index < -0.39 is 0 Å². The zero-order valence-corrected chi connectivity index (χ0v) is 17.9. The van der Waals surface area contributed by atoms with Gasteiger partial charge in [0.2, 0.25) is 0 Å². The summed E-state index contributed by atoms with van der Waals surface area (Å²) in [4.78, 5) is 9.56. The van der Waals surface area contributed by atoms with E-state index in [-0.39, 0.29) is 5.82 Å². The molecule has 5 nitrogen and oxygen atoms in total. The van der Waals surface area contributed by atoms with E-state index in [1.165, 1.54) is 31.4 Å². The standard InChI is InChI=1S/C23H21BrFN5/c24-20-21(15-4-2-1-3-5-15)29-23-18(13-28-30(23)22(20)26)16-8-11-19(27-12-16)14-6-9-17(25)10-7-14/h6-13,15H,1-5,26H2. The summed E-state index contributed by atoms with van der Waals surface area (Å²) in [6, 6.07) is 10.2. The number of fused-ring (bicyclic) bond motifs is 1. The molecule has 0 saturated heterocycles. The van der Waals surface area contributed by atoms with E-state index in [2.05, 4.69) is 26.0 Å². The average Bonchev–Trinajstić information content (AvgIpc) is 3.22. The minimum absolute atomic E-state index is 0.259. The van der Waals surface area contributed by atoms with E-state index in [0.29, 0.717) is 11.7 Å². The van der Waals surface area contributed by atoms with Crippen molar-refractivity contribution in [2.75, 3.05) is 5.73 Å². The first-order chi connectivity index (χ1) is 14.6. The van der Waals surface area contributed by atoms with Crippen LogP contribution in [0.2, 0.25) is 0 Å². The van der Waals surface area contributed by atoms with Crippen molar-refractivity contribution in [2.24, 2.45) is 0 Å². The number of rotatable bonds is 3. The van der Waals surface area contributed by atoms with Crippen molar-refractivity contribution in [3.8, 4) is 22.4 Å². The fourth-order valence-corrected chi connectivity index (χ4v) is 4.79. The maximum absolute atomic E-state index is 13.2. The van der Waals surface area contributed by atoms with Crippen molar-refractivity contribution in [3.63, 3.8) is 0 Å². The highest BCUT2D eigenvalue weighted by Crippen LogP contribution is 2.39. The Morgan fingerprint density at radius 1 is 0.967 bits per heavy atom. The molecule has 1 aliphatic carbocycles. The Labute approximate surface area is 182 Å². The lowest BCUT2D eigenvalue weighted by atomic mass is 9.87. The molecule has 5 rings (SSSR count). The molecule has 2 N–H and O–H groups in total. The predicted molar refractivity (Wildman–Crippen MR) is 120 cm³/mol. The van der Waals surface area contributed by atoms with Gasteiger partial charge < -0.3 is 5.73 Å². The molecular formula is C23H21BrFN5. The van der Waals surface area contributed by atoms with Gasteiger partial charge in [-0.2, -0.15) is 9.61 Å². The predicted octanol–water partition coefficient (Wildman–Crippen LogP) is 5.99. The first kappa shape index (κ1) is 19.2. The van der Waals surface area contributed by atoms with E-state index >= 15 is 0 Å². The molecule has 1 aliphatic rings. The second kappa shape index (κ2) is 7.80. The molecule has 0 spiro atoms. The molecule has 3 heterocycles. The SMILES string of the molecule is Nc1c(Br)c(C2CCCCC2)nc2c(-c3ccc(-c4ccc(F)cc4)nc3)cnn12. The van der Waals surface area contributed by atoms with Gasteiger partial charge >= 0.3 is 0 Å². The topological polar surface area (TPSA) is 69.1 Å². The van der Waals surface area contributed by atoms with E-state index in [9.17, 15) is 4.39 Å². The molecule has 0 bridgehead atoms. The number of nitrogens with zero attached hydrogens (tertiary/aromatic N) is 4. The highest BCUT2D eigenvalue weighted by atomic mass is 79.9. The van der Waals surface area contributed by atoms with Crippen LogP contribution in [0.3, 0.4) is 0 Å². The smallest absolute Gasteiger partial charge is 0.165 e. The van der Waals surface area contributed by atoms with Crippen molar-refractivity contribution in [1.82, 2.24) is 19.6 Å². The quantitative estimate of drug-likeness (QED) is 0.403. The van der Waals surface area contributed by atoms with Gasteiger partial charge in [0, 0.05) is 28.8 Å². The number of aromatic nitrogens is 4. The largest absolute Gasteiger partial charge is 0.383 e. The number of anilines is 1. The van der Waals surface area contributed by atoms with E-state index in [4.69, 9.17) is 10.7 Å². The van der Waals surface area contributed by atoms with Crippen LogP contribution in [0.25, 0.3) is 28.0 Å². The number of hydrogen-bond acceptors (Lipinski definition) is 4. The van der Waals surface area contributed by atoms with Gasteiger partial charge in [0.15, 0.2) is 5.65 Å².